The zero-order chi connectivity index (χ0) is 16.1. The maximum atomic E-state index is 11.9. The number of amides is 2. The monoisotopic (exact) mass is 293 g/mol. The molecule has 0 aliphatic carbocycles. The SMILES string of the molecule is CC(C)(NC(=O)NCCc1ccccn1)C(C)(C)C(=O)O. The van der Waals surface area contributed by atoms with E-state index in [-0.39, 0.29) is 6.03 Å². The lowest BCUT2D eigenvalue weighted by Crippen LogP contribution is -2.59. The van der Waals surface area contributed by atoms with E-state index >= 15 is 0 Å². The van der Waals surface area contributed by atoms with Crippen molar-refractivity contribution >= 4 is 12.0 Å². The van der Waals surface area contributed by atoms with Gasteiger partial charge < -0.3 is 15.7 Å². The van der Waals surface area contributed by atoms with Crippen LogP contribution in [0.25, 0.3) is 0 Å². The van der Waals surface area contributed by atoms with Gasteiger partial charge in [-0.1, -0.05) is 6.07 Å². The highest BCUT2D eigenvalue weighted by Gasteiger charge is 2.44. The first-order valence-corrected chi connectivity index (χ1v) is 6.86. The molecule has 0 aromatic carbocycles. The number of carboxylic acids is 1. The molecule has 116 valence electrons. The number of aliphatic carboxylic acids is 1. The summed E-state index contributed by atoms with van der Waals surface area (Å²) in [5, 5.41) is 14.7. The van der Waals surface area contributed by atoms with Gasteiger partial charge in [-0.2, -0.15) is 0 Å². The Morgan fingerprint density at radius 3 is 2.43 bits per heavy atom. The fourth-order valence-electron chi connectivity index (χ4n) is 1.60. The molecular formula is C15H23N3O3. The van der Waals surface area contributed by atoms with Crippen molar-refractivity contribution in [2.24, 2.45) is 5.41 Å². The zero-order valence-electron chi connectivity index (χ0n) is 12.9. The second kappa shape index (κ2) is 6.56. The van der Waals surface area contributed by atoms with Gasteiger partial charge in [0, 0.05) is 24.9 Å². The normalized spacial score (nSPS) is 11.8. The molecule has 1 aromatic rings. The average molecular weight is 293 g/mol. The van der Waals surface area contributed by atoms with Gasteiger partial charge >= 0.3 is 12.0 Å². The summed E-state index contributed by atoms with van der Waals surface area (Å²) in [4.78, 5) is 27.3. The van der Waals surface area contributed by atoms with Gasteiger partial charge in [0.15, 0.2) is 0 Å². The maximum absolute atomic E-state index is 11.9. The van der Waals surface area contributed by atoms with Crippen LogP contribution in [0.4, 0.5) is 4.79 Å². The summed E-state index contributed by atoms with van der Waals surface area (Å²) in [5.41, 5.74) is -1.07. The molecule has 3 N–H and O–H groups in total. The van der Waals surface area contributed by atoms with Gasteiger partial charge in [0.05, 0.1) is 11.0 Å². The number of nitrogens with one attached hydrogen (secondary N) is 2. The topological polar surface area (TPSA) is 91.3 Å². The van der Waals surface area contributed by atoms with E-state index in [1.54, 1.807) is 33.9 Å². The molecule has 21 heavy (non-hydrogen) atoms. The molecule has 6 nitrogen and oxygen atoms in total. The fourth-order valence-corrected chi connectivity index (χ4v) is 1.60. The van der Waals surface area contributed by atoms with Crippen molar-refractivity contribution in [3.05, 3.63) is 30.1 Å². The Morgan fingerprint density at radius 1 is 1.24 bits per heavy atom. The molecule has 0 aliphatic heterocycles. The van der Waals surface area contributed by atoms with Crippen molar-refractivity contribution in [1.82, 2.24) is 15.6 Å². The van der Waals surface area contributed by atoms with E-state index in [9.17, 15) is 14.7 Å². The predicted molar refractivity (Wildman–Crippen MR) is 80.0 cm³/mol. The van der Waals surface area contributed by atoms with Crippen molar-refractivity contribution in [3.63, 3.8) is 0 Å². The highest BCUT2D eigenvalue weighted by molar-refractivity contribution is 5.79. The Balaban J connectivity index is 2.48. The van der Waals surface area contributed by atoms with Gasteiger partial charge in [0.2, 0.25) is 0 Å². The summed E-state index contributed by atoms with van der Waals surface area (Å²) >= 11 is 0. The predicted octanol–water partition coefficient (Wildman–Crippen LogP) is 1.81. The molecule has 1 heterocycles. The number of carbonyl (C=O) groups is 2. The Morgan fingerprint density at radius 2 is 1.90 bits per heavy atom. The van der Waals surface area contributed by atoms with Gasteiger partial charge in [-0.25, -0.2) is 4.79 Å². The third-order valence-corrected chi connectivity index (χ3v) is 3.92. The van der Waals surface area contributed by atoms with E-state index < -0.39 is 16.9 Å². The minimum atomic E-state index is -1.08. The zero-order valence-corrected chi connectivity index (χ0v) is 12.9. The number of rotatable bonds is 6. The molecule has 0 aliphatic rings. The van der Waals surface area contributed by atoms with Crippen molar-refractivity contribution in [2.45, 2.75) is 39.7 Å². The van der Waals surface area contributed by atoms with Gasteiger partial charge in [-0.3, -0.25) is 9.78 Å². The fraction of sp³-hybridized carbons (Fsp3) is 0.533. The molecule has 0 atom stereocenters. The molecule has 0 bridgehead atoms. The van der Waals surface area contributed by atoms with Gasteiger partial charge in [-0.05, 0) is 39.8 Å². The number of pyridine rings is 1. The summed E-state index contributed by atoms with van der Waals surface area (Å²) in [6.07, 6.45) is 2.32. The summed E-state index contributed by atoms with van der Waals surface area (Å²) in [6.45, 7) is 7.00. The maximum Gasteiger partial charge on any atom is 0.315 e. The molecule has 6 heteroatoms. The summed E-state index contributed by atoms with van der Waals surface area (Å²) in [5.74, 6) is -0.957. The van der Waals surface area contributed by atoms with E-state index in [0.29, 0.717) is 13.0 Å². The van der Waals surface area contributed by atoms with Gasteiger partial charge in [-0.15, -0.1) is 0 Å². The van der Waals surface area contributed by atoms with Crippen LogP contribution in [-0.2, 0) is 11.2 Å². The van der Waals surface area contributed by atoms with Crippen LogP contribution in [0.2, 0.25) is 0 Å². The van der Waals surface area contributed by atoms with Crippen molar-refractivity contribution in [3.8, 4) is 0 Å². The van der Waals surface area contributed by atoms with E-state index in [1.807, 2.05) is 18.2 Å². The van der Waals surface area contributed by atoms with Crippen molar-refractivity contribution < 1.29 is 14.7 Å². The van der Waals surface area contributed by atoms with Crippen LogP contribution in [0.3, 0.4) is 0 Å². The van der Waals surface area contributed by atoms with Gasteiger partial charge in [0.25, 0.3) is 0 Å². The molecule has 0 unspecified atom stereocenters. The second-order valence-corrected chi connectivity index (χ2v) is 6.01. The molecule has 0 fully saturated rings. The Kier molecular flexibility index (Phi) is 5.29. The largest absolute Gasteiger partial charge is 0.481 e. The summed E-state index contributed by atoms with van der Waals surface area (Å²) < 4.78 is 0. The quantitative estimate of drug-likeness (QED) is 0.746. The first kappa shape index (κ1) is 16.9. The van der Waals surface area contributed by atoms with Crippen LogP contribution in [0.1, 0.15) is 33.4 Å². The molecule has 2 amide bonds. The number of hydrogen-bond donors (Lipinski definition) is 3. The minimum absolute atomic E-state index is 0.384. The molecule has 0 radical (unpaired) electrons. The number of carboxylic acid groups (broad SMARTS) is 1. The smallest absolute Gasteiger partial charge is 0.315 e. The second-order valence-electron chi connectivity index (χ2n) is 6.01. The molecule has 0 spiro atoms. The van der Waals surface area contributed by atoms with Crippen LogP contribution in [0, 0.1) is 5.41 Å². The molecule has 1 aromatic heterocycles. The first-order valence-electron chi connectivity index (χ1n) is 6.86. The molecular weight excluding hydrogens is 270 g/mol. The number of hydrogen-bond acceptors (Lipinski definition) is 3. The van der Waals surface area contributed by atoms with E-state index in [0.717, 1.165) is 5.69 Å². The van der Waals surface area contributed by atoms with Crippen LogP contribution in [0.15, 0.2) is 24.4 Å². The third kappa shape index (κ3) is 4.44. The van der Waals surface area contributed by atoms with Crippen LogP contribution in [-0.4, -0.2) is 34.2 Å². The van der Waals surface area contributed by atoms with Crippen molar-refractivity contribution in [2.75, 3.05) is 6.54 Å². The summed E-state index contributed by atoms with van der Waals surface area (Å²) in [7, 11) is 0. The Bertz CT molecular complexity index is 498. The van der Waals surface area contributed by atoms with Crippen LogP contribution < -0.4 is 10.6 Å². The molecule has 0 saturated heterocycles. The lowest BCUT2D eigenvalue weighted by atomic mass is 9.74. The minimum Gasteiger partial charge on any atom is -0.481 e. The Hall–Kier alpha value is -2.11. The van der Waals surface area contributed by atoms with E-state index in [1.165, 1.54) is 0 Å². The van der Waals surface area contributed by atoms with Crippen LogP contribution >= 0.6 is 0 Å². The number of aromatic nitrogens is 1. The Labute approximate surface area is 125 Å². The lowest BCUT2D eigenvalue weighted by Gasteiger charge is -2.38. The standard InChI is InChI=1S/C15H23N3O3/c1-14(2,12(19)20)15(3,4)18-13(21)17-10-8-11-7-5-6-9-16-11/h5-7,9H,8,10H2,1-4H3,(H,19,20)(H2,17,18,21). The highest BCUT2D eigenvalue weighted by Crippen LogP contribution is 2.30. The molecule has 0 saturated carbocycles. The van der Waals surface area contributed by atoms with E-state index in [2.05, 4.69) is 15.6 Å². The van der Waals surface area contributed by atoms with Gasteiger partial charge in [0.1, 0.15) is 0 Å². The number of carbonyl (C=O) groups excluding carboxylic acids is 1. The van der Waals surface area contributed by atoms with Crippen LogP contribution in [0.5, 0.6) is 0 Å². The molecule has 1 rings (SSSR count). The highest BCUT2D eigenvalue weighted by atomic mass is 16.4. The lowest BCUT2D eigenvalue weighted by molar-refractivity contribution is -0.150. The number of nitrogens with zero attached hydrogens (tertiary/aromatic N) is 1. The van der Waals surface area contributed by atoms with E-state index in [4.69, 9.17) is 0 Å². The average Bonchev–Trinajstić information content (AvgIpc) is 2.38. The van der Waals surface area contributed by atoms with Crippen molar-refractivity contribution in [1.29, 1.82) is 0 Å². The summed E-state index contributed by atoms with van der Waals surface area (Å²) in [6, 6.07) is 5.23. The number of urea groups is 1. The first-order chi connectivity index (χ1) is 9.67. The third-order valence-electron chi connectivity index (χ3n) is 3.92.